The van der Waals surface area contributed by atoms with Crippen molar-refractivity contribution in [2.45, 2.75) is 40.0 Å². The highest BCUT2D eigenvalue weighted by Gasteiger charge is 2.26. The summed E-state index contributed by atoms with van der Waals surface area (Å²) < 4.78 is 0. The second kappa shape index (κ2) is 6.19. The van der Waals surface area contributed by atoms with Crippen LogP contribution in [0.15, 0.2) is 0 Å². The van der Waals surface area contributed by atoms with Crippen molar-refractivity contribution in [2.24, 2.45) is 23.7 Å². The fraction of sp³-hybridized carbons (Fsp3) is 1.00. The topological polar surface area (TPSA) is 15.3 Å². The van der Waals surface area contributed by atoms with E-state index in [1.807, 2.05) is 0 Å². The molecule has 100 valence electrons. The summed E-state index contributed by atoms with van der Waals surface area (Å²) in [6.07, 6.45) is 4.24. The van der Waals surface area contributed by atoms with Crippen LogP contribution in [-0.2, 0) is 0 Å². The van der Waals surface area contributed by atoms with Crippen molar-refractivity contribution < 1.29 is 0 Å². The van der Waals surface area contributed by atoms with Gasteiger partial charge in [0, 0.05) is 6.54 Å². The lowest BCUT2D eigenvalue weighted by molar-refractivity contribution is 0.114. The van der Waals surface area contributed by atoms with Gasteiger partial charge in [0.15, 0.2) is 0 Å². The standard InChI is InChI=1S/C15H30N2/c1-12(2)14-5-8-17(9-6-14)11-15-4-7-16-10-13(15)3/h12-16H,4-11H2,1-3H3/t13-,15?/m0/s1. The first-order valence-electron chi connectivity index (χ1n) is 7.60. The highest BCUT2D eigenvalue weighted by molar-refractivity contribution is 4.81. The highest BCUT2D eigenvalue weighted by atomic mass is 15.1. The van der Waals surface area contributed by atoms with Crippen LogP contribution in [-0.4, -0.2) is 37.6 Å². The predicted molar refractivity (Wildman–Crippen MR) is 74.1 cm³/mol. The van der Waals surface area contributed by atoms with Gasteiger partial charge in [-0.25, -0.2) is 0 Å². The van der Waals surface area contributed by atoms with E-state index < -0.39 is 0 Å². The highest BCUT2D eigenvalue weighted by Crippen LogP contribution is 2.27. The Bertz CT molecular complexity index is 219. The van der Waals surface area contributed by atoms with Gasteiger partial charge in [0.25, 0.3) is 0 Å². The van der Waals surface area contributed by atoms with Crippen molar-refractivity contribution >= 4 is 0 Å². The van der Waals surface area contributed by atoms with Gasteiger partial charge in [0.05, 0.1) is 0 Å². The van der Waals surface area contributed by atoms with E-state index in [9.17, 15) is 0 Å². The summed E-state index contributed by atoms with van der Waals surface area (Å²) in [7, 11) is 0. The van der Waals surface area contributed by atoms with Crippen LogP contribution in [0.25, 0.3) is 0 Å². The third-order valence-electron chi connectivity index (χ3n) is 5.03. The van der Waals surface area contributed by atoms with Crippen LogP contribution in [0.1, 0.15) is 40.0 Å². The molecule has 2 nitrogen and oxygen atoms in total. The number of rotatable bonds is 3. The number of piperidine rings is 2. The summed E-state index contributed by atoms with van der Waals surface area (Å²) in [5.74, 6) is 3.67. The quantitative estimate of drug-likeness (QED) is 0.813. The SMILES string of the molecule is CC(C)C1CCN(CC2CCNC[C@@H]2C)CC1. The van der Waals surface area contributed by atoms with Crippen molar-refractivity contribution in [3.8, 4) is 0 Å². The molecule has 0 aromatic heterocycles. The normalized spacial score (nSPS) is 33.2. The summed E-state index contributed by atoms with van der Waals surface area (Å²) in [6.45, 7) is 13.7. The molecular weight excluding hydrogens is 208 g/mol. The molecule has 0 amide bonds. The van der Waals surface area contributed by atoms with Crippen molar-refractivity contribution in [2.75, 3.05) is 32.7 Å². The van der Waals surface area contributed by atoms with Crippen molar-refractivity contribution in [1.29, 1.82) is 0 Å². The maximum absolute atomic E-state index is 3.51. The van der Waals surface area contributed by atoms with Crippen LogP contribution in [0.4, 0.5) is 0 Å². The molecule has 2 rings (SSSR count). The fourth-order valence-electron chi connectivity index (χ4n) is 3.47. The van der Waals surface area contributed by atoms with Crippen molar-refractivity contribution in [1.82, 2.24) is 10.2 Å². The molecule has 0 aromatic carbocycles. The lowest BCUT2D eigenvalue weighted by atomic mass is 9.84. The summed E-state index contributed by atoms with van der Waals surface area (Å²) in [6, 6.07) is 0. The van der Waals surface area contributed by atoms with E-state index in [1.165, 1.54) is 52.0 Å². The first-order valence-corrected chi connectivity index (χ1v) is 7.60. The minimum absolute atomic E-state index is 0.867. The van der Waals surface area contributed by atoms with Gasteiger partial charge >= 0.3 is 0 Å². The molecule has 0 aliphatic carbocycles. The lowest BCUT2D eigenvalue weighted by Crippen LogP contribution is -2.44. The van der Waals surface area contributed by atoms with Gasteiger partial charge in [-0.2, -0.15) is 0 Å². The molecule has 2 heteroatoms. The molecule has 2 aliphatic rings. The van der Waals surface area contributed by atoms with Gasteiger partial charge in [-0.3, -0.25) is 0 Å². The number of nitrogens with one attached hydrogen (secondary N) is 1. The molecule has 17 heavy (non-hydrogen) atoms. The van der Waals surface area contributed by atoms with Crippen LogP contribution in [0.5, 0.6) is 0 Å². The fourth-order valence-corrected chi connectivity index (χ4v) is 3.47. The second-order valence-corrected chi connectivity index (χ2v) is 6.61. The third kappa shape index (κ3) is 3.69. The molecular formula is C15H30N2. The molecule has 2 aliphatic heterocycles. The minimum Gasteiger partial charge on any atom is -0.316 e. The summed E-state index contributed by atoms with van der Waals surface area (Å²) >= 11 is 0. The first kappa shape index (κ1) is 13.4. The molecule has 2 fully saturated rings. The van der Waals surface area contributed by atoms with Crippen molar-refractivity contribution in [3.05, 3.63) is 0 Å². The molecule has 2 atom stereocenters. The Labute approximate surface area is 107 Å². The van der Waals surface area contributed by atoms with E-state index >= 15 is 0 Å². The Balaban J connectivity index is 1.73. The van der Waals surface area contributed by atoms with Crippen LogP contribution in [0, 0.1) is 23.7 Å². The Morgan fingerprint density at radius 3 is 2.47 bits per heavy atom. The van der Waals surface area contributed by atoms with Gasteiger partial charge in [0.1, 0.15) is 0 Å². The third-order valence-corrected chi connectivity index (χ3v) is 5.03. The average Bonchev–Trinajstić information content (AvgIpc) is 2.33. The smallest absolute Gasteiger partial charge is 0.00132 e. The lowest BCUT2D eigenvalue weighted by Gasteiger charge is -2.38. The molecule has 1 unspecified atom stereocenters. The Morgan fingerprint density at radius 2 is 1.88 bits per heavy atom. The van der Waals surface area contributed by atoms with E-state index in [1.54, 1.807) is 0 Å². The van der Waals surface area contributed by atoms with Gasteiger partial charge in [-0.05, 0) is 69.1 Å². The minimum atomic E-state index is 0.867. The zero-order chi connectivity index (χ0) is 12.3. The predicted octanol–water partition coefficient (Wildman–Crippen LogP) is 2.60. The Morgan fingerprint density at radius 1 is 1.18 bits per heavy atom. The zero-order valence-electron chi connectivity index (χ0n) is 11.9. The van der Waals surface area contributed by atoms with Gasteiger partial charge in [-0.15, -0.1) is 0 Å². The molecule has 2 saturated heterocycles. The maximum atomic E-state index is 3.51. The first-order chi connectivity index (χ1) is 8.16. The molecule has 2 heterocycles. The van der Waals surface area contributed by atoms with Gasteiger partial charge in [-0.1, -0.05) is 20.8 Å². The van der Waals surface area contributed by atoms with Crippen LogP contribution in [0.3, 0.4) is 0 Å². The van der Waals surface area contributed by atoms with Crippen LogP contribution >= 0.6 is 0 Å². The number of likely N-dealkylation sites (tertiary alicyclic amines) is 1. The van der Waals surface area contributed by atoms with Crippen molar-refractivity contribution in [3.63, 3.8) is 0 Å². The molecule has 0 spiro atoms. The molecule has 0 aromatic rings. The Hall–Kier alpha value is -0.0800. The number of nitrogens with zero attached hydrogens (tertiary/aromatic N) is 1. The van der Waals surface area contributed by atoms with Gasteiger partial charge < -0.3 is 10.2 Å². The second-order valence-electron chi connectivity index (χ2n) is 6.61. The van der Waals surface area contributed by atoms with E-state index in [0.717, 1.165) is 23.7 Å². The molecule has 0 radical (unpaired) electrons. The van der Waals surface area contributed by atoms with E-state index in [0.29, 0.717) is 0 Å². The van der Waals surface area contributed by atoms with E-state index in [2.05, 4.69) is 31.0 Å². The average molecular weight is 238 g/mol. The number of hydrogen-bond acceptors (Lipinski definition) is 2. The Kier molecular flexibility index (Phi) is 4.87. The molecule has 1 N–H and O–H groups in total. The maximum Gasteiger partial charge on any atom is 0.00132 e. The molecule has 0 bridgehead atoms. The number of hydrogen-bond donors (Lipinski definition) is 1. The summed E-state index contributed by atoms with van der Waals surface area (Å²) in [5.41, 5.74) is 0. The zero-order valence-corrected chi connectivity index (χ0v) is 11.9. The van der Waals surface area contributed by atoms with Crippen LogP contribution in [0.2, 0.25) is 0 Å². The summed E-state index contributed by atoms with van der Waals surface area (Å²) in [4.78, 5) is 2.73. The summed E-state index contributed by atoms with van der Waals surface area (Å²) in [5, 5.41) is 3.51. The van der Waals surface area contributed by atoms with Crippen LogP contribution < -0.4 is 5.32 Å². The monoisotopic (exact) mass is 238 g/mol. The van der Waals surface area contributed by atoms with Gasteiger partial charge in [0.2, 0.25) is 0 Å². The largest absolute Gasteiger partial charge is 0.316 e. The van der Waals surface area contributed by atoms with E-state index in [-0.39, 0.29) is 0 Å². The molecule has 0 saturated carbocycles. The van der Waals surface area contributed by atoms with E-state index in [4.69, 9.17) is 0 Å².